The molecule has 5 heteroatoms. The lowest BCUT2D eigenvalue weighted by Crippen LogP contribution is -2.42. The molecule has 0 aromatic heterocycles. The van der Waals surface area contributed by atoms with Gasteiger partial charge in [0, 0.05) is 32.6 Å². The molecule has 0 aliphatic heterocycles. The normalized spacial score (nSPS) is 11.6. The molecule has 0 saturated carbocycles. The zero-order chi connectivity index (χ0) is 26.0. The van der Waals surface area contributed by atoms with Crippen LogP contribution in [0.4, 0.5) is 0 Å². The maximum absolute atomic E-state index is 13.0. The van der Waals surface area contributed by atoms with Crippen LogP contribution in [0.25, 0.3) is 0 Å². The molecule has 0 fully saturated rings. The van der Waals surface area contributed by atoms with Crippen LogP contribution in [0.3, 0.4) is 0 Å². The molecule has 0 aliphatic rings. The van der Waals surface area contributed by atoms with Crippen molar-refractivity contribution < 1.29 is 15.0 Å². The van der Waals surface area contributed by atoms with Gasteiger partial charge in [-0.15, -0.1) is 0 Å². The summed E-state index contributed by atoms with van der Waals surface area (Å²) >= 11 is 0. The Bertz CT molecular complexity index is 445. The monoisotopic (exact) mass is 498 g/mol. The molecule has 35 heavy (non-hydrogen) atoms. The Morgan fingerprint density at radius 3 is 1.46 bits per heavy atom. The van der Waals surface area contributed by atoms with E-state index in [9.17, 15) is 15.0 Å². The van der Waals surface area contributed by atoms with Crippen LogP contribution in [-0.2, 0) is 4.79 Å². The maximum atomic E-state index is 13.0. The highest BCUT2D eigenvalue weighted by Crippen LogP contribution is 2.12. The number of carbonyl (C=O) groups is 1. The summed E-state index contributed by atoms with van der Waals surface area (Å²) in [5.74, 6) is 0.288. The second-order valence-corrected chi connectivity index (χ2v) is 10.6. The van der Waals surface area contributed by atoms with E-state index in [1.807, 2.05) is 0 Å². The third-order valence-electron chi connectivity index (χ3n) is 7.06. The number of aliphatic hydroxyl groups excluding tert-OH is 1. The summed E-state index contributed by atoms with van der Waals surface area (Å²) in [6, 6.07) is 0. The van der Waals surface area contributed by atoms with E-state index in [0.29, 0.717) is 13.0 Å². The molecular formula is C30H62N2O3. The minimum atomic E-state index is -1.31. The van der Waals surface area contributed by atoms with Gasteiger partial charge >= 0.3 is 0 Å². The lowest BCUT2D eigenvalue weighted by atomic mass is 10.1. The van der Waals surface area contributed by atoms with E-state index in [1.54, 1.807) is 0 Å². The number of amides is 1. The van der Waals surface area contributed by atoms with Gasteiger partial charge in [-0.25, -0.2) is 0 Å². The largest absolute Gasteiger partial charge is 0.367 e. The highest BCUT2D eigenvalue weighted by Gasteiger charge is 2.16. The number of aliphatic hydroxyl groups is 2. The van der Waals surface area contributed by atoms with Crippen molar-refractivity contribution in [3.8, 4) is 0 Å². The summed E-state index contributed by atoms with van der Waals surface area (Å²) in [6.07, 6.45) is 22.7. The SMILES string of the molecule is CCCCCCCCCC(=O)N(CCCCCCCC)CCN(CCCCCCCC)CC(O)O. The van der Waals surface area contributed by atoms with Crippen molar-refractivity contribution in [3.05, 3.63) is 0 Å². The third kappa shape index (κ3) is 23.5. The van der Waals surface area contributed by atoms with Crippen molar-refractivity contribution in [1.29, 1.82) is 0 Å². The first-order chi connectivity index (χ1) is 17.0. The Morgan fingerprint density at radius 1 is 0.543 bits per heavy atom. The molecule has 210 valence electrons. The molecule has 0 bridgehead atoms. The van der Waals surface area contributed by atoms with Gasteiger partial charge in [0.05, 0.1) is 0 Å². The van der Waals surface area contributed by atoms with Gasteiger partial charge in [0.15, 0.2) is 6.29 Å². The highest BCUT2D eigenvalue weighted by molar-refractivity contribution is 5.76. The first-order valence-electron chi connectivity index (χ1n) is 15.4. The fourth-order valence-electron chi connectivity index (χ4n) is 4.74. The standard InChI is InChI=1S/C30H62N2O3/c1-4-7-10-13-16-17-20-23-29(33)32(25-22-19-15-12-9-6-3)27-26-31(28-30(34)35)24-21-18-14-11-8-5-2/h30,34-35H,4-28H2,1-3H3. The van der Waals surface area contributed by atoms with Crippen molar-refractivity contribution in [2.45, 2.75) is 155 Å². The van der Waals surface area contributed by atoms with Gasteiger partial charge in [0.2, 0.25) is 5.91 Å². The van der Waals surface area contributed by atoms with Crippen LogP contribution in [0, 0.1) is 0 Å². The molecule has 0 heterocycles. The Hall–Kier alpha value is -0.650. The van der Waals surface area contributed by atoms with E-state index in [2.05, 4.69) is 30.6 Å². The van der Waals surface area contributed by atoms with Gasteiger partial charge in [-0.3, -0.25) is 9.69 Å². The maximum Gasteiger partial charge on any atom is 0.222 e. The molecule has 2 N–H and O–H groups in total. The topological polar surface area (TPSA) is 64.0 Å². The van der Waals surface area contributed by atoms with Crippen LogP contribution in [0.1, 0.15) is 149 Å². The van der Waals surface area contributed by atoms with Gasteiger partial charge < -0.3 is 15.1 Å². The minimum absolute atomic E-state index is 0.270. The number of rotatable bonds is 27. The predicted octanol–water partition coefficient (Wildman–Crippen LogP) is 7.29. The molecule has 5 nitrogen and oxygen atoms in total. The summed E-state index contributed by atoms with van der Waals surface area (Å²) in [7, 11) is 0. The van der Waals surface area contributed by atoms with Crippen LogP contribution in [0.15, 0.2) is 0 Å². The molecule has 0 aliphatic carbocycles. The first kappa shape index (κ1) is 34.4. The molecule has 0 rings (SSSR count). The van der Waals surface area contributed by atoms with E-state index in [-0.39, 0.29) is 12.5 Å². The summed E-state index contributed by atoms with van der Waals surface area (Å²) in [5, 5.41) is 19.1. The summed E-state index contributed by atoms with van der Waals surface area (Å²) < 4.78 is 0. The van der Waals surface area contributed by atoms with Crippen LogP contribution in [-0.4, -0.2) is 64.9 Å². The van der Waals surface area contributed by atoms with Crippen LogP contribution < -0.4 is 0 Å². The Balaban J connectivity index is 4.56. The summed E-state index contributed by atoms with van der Waals surface area (Å²) in [5.41, 5.74) is 0. The first-order valence-corrected chi connectivity index (χ1v) is 15.4. The third-order valence-corrected chi connectivity index (χ3v) is 7.06. The Kier molecular flexibility index (Phi) is 25.9. The quantitative estimate of drug-likeness (QED) is 0.0922. The van der Waals surface area contributed by atoms with Crippen molar-refractivity contribution in [2.75, 3.05) is 32.7 Å². The van der Waals surface area contributed by atoms with Crippen molar-refractivity contribution in [2.24, 2.45) is 0 Å². The zero-order valence-corrected chi connectivity index (χ0v) is 24.0. The molecule has 0 unspecified atom stereocenters. The molecule has 0 radical (unpaired) electrons. The molecular weight excluding hydrogens is 436 g/mol. The van der Waals surface area contributed by atoms with Crippen molar-refractivity contribution in [1.82, 2.24) is 9.80 Å². The molecule has 0 aromatic carbocycles. The fourth-order valence-corrected chi connectivity index (χ4v) is 4.74. The number of hydrogen-bond donors (Lipinski definition) is 2. The molecule has 1 amide bonds. The summed E-state index contributed by atoms with van der Waals surface area (Å²) in [4.78, 5) is 17.3. The summed E-state index contributed by atoms with van der Waals surface area (Å²) in [6.45, 7) is 10.1. The Labute approximate surface area is 219 Å². The van der Waals surface area contributed by atoms with Gasteiger partial charge in [-0.1, -0.05) is 124 Å². The highest BCUT2D eigenvalue weighted by atomic mass is 16.5. The van der Waals surface area contributed by atoms with E-state index in [0.717, 1.165) is 45.3 Å². The fraction of sp³-hybridized carbons (Fsp3) is 0.967. The van der Waals surface area contributed by atoms with Crippen LogP contribution in [0.5, 0.6) is 0 Å². The zero-order valence-electron chi connectivity index (χ0n) is 24.0. The van der Waals surface area contributed by atoms with Gasteiger partial charge in [0.25, 0.3) is 0 Å². The average molecular weight is 499 g/mol. The minimum Gasteiger partial charge on any atom is -0.367 e. The molecule has 0 saturated heterocycles. The average Bonchev–Trinajstić information content (AvgIpc) is 2.83. The lowest BCUT2D eigenvalue weighted by molar-refractivity contribution is -0.131. The molecule has 0 spiro atoms. The van der Waals surface area contributed by atoms with Gasteiger partial charge in [0.1, 0.15) is 0 Å². The van der Waals surface area contributed by atoms with Gasteiger partial charge in [-0.05, 0) is 25.8 Å². The van der Waals surface area contributed by atoms with E-state index in [1.165, 1.54) is 96.3 Å². The Morgan fingerprint density at radius 2 is 0.971 bits per heavy atom. The van der Waals surface area contributed by atoms with Crippen LogP contribution in [0.2, 0.25) is 0 Å². The van der Waals surface area contributed by atoms with Crippen LogP contribution >= 0.6 is 0 Å². The lowest BCUT2D eigenvalue weighted by Gasteiger charge is -2.28. The number of hydrogen-bond acceptors (Lipinski definition) is 4. The second kappa shape index (κ2) is 26.4. The van der Waals surface area contributed by atoms with E-state index < -0.39 is 6.29 Å². The number of carbonyl (C=O) groups excluding carboxylic acids is 1. The van der Waals surface area contributed by atoms with Crippen molar-refractivity contribution in [3.63, 3.8) is 0 Å². The number of nitrogens with zero attached hydrogens (tertiary/aromatic N) is 2. The molecule has 0 atom stereocenters. The van der Waals surface area contributed by atoms with Crippen molar-refractivity contribution >= 4 is 5.91 Å². The predicted molar refractivity (Wildman–Crippen MR) is 151 cm³/mol. The van der Waals surface area contributed by atoms with E-state index in [4.69, 9.17) is 0 Å². The second-order valence-electron chi connectivity index (χ2n) is 10.6. The van der Waals surface area contributed by atoms with Gasteiger partial charge in [-0.2, -0.15) is 0 Å². The number of unbranched alkanes of at least 4 members (excludes halogenated alkanes) is 16. The molecule has 0 aromatic rings. The smallest absolute Gasteiger partial charge is 0.222 e. The van der Waals surface area contributed by atoms with E-state index >= 15 is 0 Å².